The van der Waals surface area contributed by atoms with E-state index in [9.17, 15) is 0 Å². The van der Waals surface area contributed by atoms with Crippen molar-refractivity contribution in [2.45, 2.75) is 20.3 Å². The fourth-order valence-electron chi connectivity index (χ4n) is 7.78. The summed E-state index contributed by atoms with van der Waals surface area (Å²) in [5, 5.41) is 24.3. The van der Waals surface area contributed by atoms with Gasteiger partial charge in [0, 0.05) is 32.6 Å². The molecule has 0 amide bonds. The molecule has 1 aliphatic rings. The molecule has 8 nitrogen and oxygen atoms in total. The van der Waals surface area contributed by atoms with Gasteiger partial charge in [0.15, 0.2) is 0 Å². The minimum absolute atomic E-state index is 0.956. The predicted molar refractivity (Wildman–Crippen MR) is 319 cm³/mol. The standard InChI is InChI=1S/C10H8.C9H8.C8H7N.C8H6O.C8H6S.3C7H6N2.C2H6/c1-2-6-10-8-4-3-7-9(10)5-1;1-2-5-9-7-3-6-8(9)4-1;3*1-2-4-8-7(3-1)5-6-9-8;1-2-4-7-6(3-1)8-5-9-7;2*1-2-4-7-6(3-1)5-8-9-7;1-2/h1-8H;1-6H,7H2;1-6,9H;2*1-6H;3*1-5H,(H,8,9);1-2H3. The minimum atomic E-state index is 0.956. The van der Waals surface area contributed by atoms with E-state index >= 15 is 0 Å². The van der Waals surface area contributed by atoms with Crippen molar-refractivity contribution in [1.29, 1.82) is 0 Å². The summed E-state index contributed by atoms with van der Waals surface area (Å²) in [4.78, 5) is 10.2. The number of aromatic nitrogens is 7. The van der Waals surface area contributed by atoms with Crippen LogP contribution in [-0.4, -0.2) is 35.3 Å². The highest BCUT2D eigenvalue weighted by Crippen LogP contribution is 2.20. The number of allylic oxidation sites excluding steroid dienone is 1. The van der Waals surface area contributed by atoms with Crippen LogP contribution in [0.15, 0.2) is 284 Å². The van der Waals surface area contributed by atoms with Gasteiger partial charge in [-0.2, -0.15) is 10.2 Å². The van der Waals surface area contributed by atoms with Crippen LogP contribution in [0.1, 0.15) is 25.0 Å². The van der Waals surface area contributed by atoms with Crippen LogP contribution in [0, 0.1) is 0 Å². The molecular formula is C66H59N7OS. The normalized spacial score (nSPS) is 10.4. The maximum Gasteiger partial charge on any atom is 0.133 e. The molecule has 0 saturated carbocycles. The summed E-state index contributed by atoms with van der Waals surface area (Å²) in [7, 11) is 0. The predicted octanol–water partition coefficient (Wildman–Crippen LogP) is 18.3. The van der Waals surface area contributed by atoms with Crippen molar-refractivity contribution in [3.8, 4) is 0 Å². The Morgan fingerprint density at radius 3 is 1.55 bits per heavy atom. The molecule has 0 atom stereocenters. The van der Waals surface area contributed by atoms with Gasteiger partial charge in [0.1, 0.15) is 5.58 Å². The van der Waals surface area contributed by atoms with Crippen LogP contribution in [0.25, 0.3) is 81.6 Å². The summed E-state index contributed by atoms with van der Waals surface area (Å²) >= 11 is 1.79. The van der Waals surface area contributed by atoms with Crippen LogP contribution in [0.2, 0.25) is 0 Å². The Morgan fingerprint density at radius 1 is 0.427 bits per heavy atom. The summed E-state index contributed by atoms with van der Waals surface area (Å²) in [5.74, 6) is 0. The Hall–Kier alpha value is -9.57. The molecule has 6 heterocycles. The lowest BCUT2D eigenvalue weighted by Crippen LogP contribution is -1.76. The fraction of sp³-hybridized carbons (Fsp3) is 0.0455. The van der Waals surface area contributed by atoms with E-state index < -0.39 is 0 Å². The molecule has 9 heteroatoms. The third-order valence-corrected chi connectivity index (χ3v) is 12.5. The Morgan fingerprint density at radius 2 is 0.947 bits per heavy atom. The number of nitrogens with one attached hydrogen (secondary N) is 4. The zero-order valence-electron chi connectivity index (χ0n) is 42.0. The molecule has 0 saturated heterocycles. The number of thiophene rings is 1. The van der Waals surface area contributed by atoms with E-state index in [1.165, 1.54) is 42.9 Å². The van der Waals surface area contributed by atoms with Crippen LogP contribution in [-0.2, 0) is 6.42 Å². The van der Waals surface area contributed by atoms with Crippen molar-refractivity contribution >= 4 is 93.0 Å². The van der Waals surface area contributed by atoms with Gasteiger partial charge in [-0.25, -0.2) is 4.98 Å². The first-order chi connectivity index (χ1) is 37.2. The van der Waals surface area contributed by atoms with Crippen molar-refractivity contribution in [2.75, 3.05) is 0 Å². The lowest BCUT2D eigenvalue weighted by atomic mass is 10.1. The van der Waals surface area contributed by atoms with Crippen LogP contribution >= 0.6 is 11.3 Å². The zero-order valence-corrected chi connectivity index (χ0v) is 42.8. The molecule has 0 unspecified atom stereocenters. The van der Waals surface area contributed by atoms with Gasteiger partial charge in [0.05, 0.1) is 47.1 Å². The van der Waals surface area contributed by atoms with Crippen LogP contribution in [0.3, 0.4) is 0 Å². The second-order valence-corrected chi connectivity index (χ2v) is 17.4. The number of benzene rings is 9. The van der Waals surface area contributed by atoms with Gasteiger partial charge in [0.25, 0.3) is 0 Å². The van der Waals surface area contributed by atoms with Crippen LogP contribution in [0.5, 0.6) is 0 Å². The molecule has 4 N–H and O–H groups in total. The summed E-state index contributed by atoms with van der Waals surface area (Å²) in [6, 6.07) is 79.9. The average molecular weight is 998 g/mol. The minimum Gasteiger partial charge on any atom is -0.464 e. The molecule has 370 valence electrons. The van der Waals surface area contributed by atoms with E-state index in [0.29, 0.717) is 0 Å². The summed E-state index contributed by atoms with van der Waals surface area (Å²) < 4.78 is 6.49. The maximum atomic E-state index is 5.12. The Bertz CT molecular complexity index is 3260. The van der Waals surface area contributed by atoms with Crippen LogP contribution in [0.4, 0.5) is 0 Å². The van der Waals surface area contributed by atoms with Crippen molar-refractivity contribution in [2.24, 2.45) is 0 Å². The smallest absolute Gasteiger partial charge is 0.133 e. The molecule has 75 heavy (non-hydrogen) atoms. The first-order valence-corrected chi connectivity index (χ1v) is 25.8. The molecule has 6 aromatic heterocycles. The summed E-state index contributed by atoms with van der Waals surface area (Å²) in [6.45, 7) is 4.00. The zero-order chi connectivity index (χ0) is 51.5. The number of fused-ring (bicyclic) bond motifs is 8. The number of furan rings is 1. The SMILES string of the molecule is C1=Cc2ccccc2C1.CC.c1ccc2[nH]ccc2c1.c1ccc2[nH]cnc2c1.c1ccc2[nH]ncc2c1.c1ccc2[nH]ncc2c1.c1ccc2ccccc2c1.c1ccc2occc2c1.c1ccc2sccc2c1. The second kappa shape index (κ2) is 28.5. The van der Waals surface area contributed by atoms with Gasteiger partial charge in [-0.05, 0) is 105 Å². The lowest BCUT2D eigenvalue weighted by Gasteiger charge is -1.93. The molecule has 9 aromatic carbocycles. The molecule has 0 aliphatic heterocycles. The van der Waals surface area contributed by atoms with Crippen molar-refractivity contribution in [3.63, 3.8) is 0 Å². The number of nitrogens with zero attached hydrogens (tertiary/aromatic N) is 3. The highest BCUT2D eigenvalue weighted by atomic mass is 32.1. The average Bonchev–Trinajstić information content (AvgIpc) is 4.36. The second-order valence-electron chi connectivity index (χ2n) is 16.5. The van der Waals surface area contributed by atoms with E-state index in [0.717, 1.165) is 50.2 Å². The maximum absolute atomic E-state index is 5.12. The summed E-state index contributed by atoms with van der Waals surface area (Å²) in [5.41, 5.74) is 9.31. The molecule has 1 aliphatic carbocycles. The van der Waals surface area contributed by atoms with Gasteiger partial charge in [-0.1, -0.05) is 202 Å². The van der Waals surface area contributed by atoms with Gasteiger partial charge < -0.3 is 14.4 Å². The van der Waals surface area contributed by atoms with E-state index in [1.54, 1.807) is 23.9 Å². The number of H-pyrrole nitrogens is 4. The summed E-state index contributed by atoms with van der Waals surface area (Å²) in [6.07, 6.45) is 14.5. The van der Waals surface area contributed by atoms with E-state index in [4.69, 9.17) is 4.42 Å². The number of para-hydroxylation sites is 6. The monoisotopic (exact) mass is 997 g/mol. The molecule has 0 radical (unpaired) electrons. The molecular weight excluding hydrogens is 939 g/mol. The van der Waals surface area contributed by atoms with Gasteiger partial charge in [-0.15, -0.1) is 11.3 Å². The van der Waals surface area contributed by atoms with E-state index in [1.807, 2.05) is 148 Å². The fourth-order valence-corrected chi connectivity index (χ4v) is 8.57. The Kier molecular flexibility index (Phi) is 19.7. The highest BCUT2D eigenvalue weighted by molar-refractivity contribution is 7.17. The Labute approximate surface area is 441 Å². The Balaban J connectivity index is 0.000000113. The largest absolute Gasteiger partial charge is 0.464 e. The van der Waals surface area contributed by atoms with Gasteiger partial charge in [-0.3, -0.25) is 10.2 Å². The lowest BCUT2D eigenvalue weighted by molar-refractivity contribution is 0.616. The molecule has 16 rings (SSSR count). The number of imidazole rings is 1. The molecule has 15 aromatic rings. The highest BCUT2D eigenvalue weighted by Gasteiger charge is 2.00. The van der Waals surface area contributed by atoms with Crippen LogP contribution < -0.4 is 0 Å². The van der Waals surface area contributed by atoms with Crippen molar-refractivity contribution < 1.29 is 4.42 Å². The third-order valence-electron chi connectivity index (χ3n) is 11.6. The number of hydrogen-bond donors (Lipinski definition) is 4. The quantitative estimate of drug-likeness (QED) is 0.121. The van der Waals surface area contributed by atoms with Gasteiger partial charge >= 0.3 is 0 Å². The number of aromatic amines is 4. The molecule has 0 spiro atoms. The van der Waals surface area contributed by atoms with E-state index in [2.05, 4.69) is 174 Å². The number of rotatable bonds is 0. The molecule has 0 fully saturated rings. The number of hydrogen-bond acceptors (Lipinski definition) is 5. The first kappa shape index (κ1) is 51.8. The molecule has 0 bridgehead atoms. The van der Waals surface area contributed by atoms with Gasteiger partial charge in [0.2, 0.25) is 0 Å². The van der Waals surface area contributed by atoms with Crippen molar-refractivity contribution in [3.05, 3.63) is 290 Å². The third kappa shape index (κ3) is 15.5. The van der Waals surface area contributed by atoms with E-state index in [-0.39, 0.29) is 0 Å². The first-order valence-electron chi connectivity index (χ1n) is 24.9. The topological polar surface area (TPSA) is 115 Å². The van der Waals surface area contributed by atoms with Crippen molar-refractivity contribution in [1.82, 2.24) is 35.3 Å².